The zero-order valence-corrected chi connectivity index (χ0v) is 9.10. The Bertz CT molecular complexity index is 323. The van der Waals surface area contributed by atoms with Gasteiger partial charge in [0.2, 0.25) is 5.88 Å². The first kappa shape index (κ1) is 11.0. The van der Waals surface area contributed by atoms with E-state index in [4.69, 9.17) is 4.74 Å². The van der Waals surface area contributed by atoms with Crippen molar-refractivity contribution >= 4 is 0 Å². The smallest absolute Gasteiger partial charge is 0.213 e. The minimum atomic E-state index is -0.536. The molecule has 0 atom stereocenters. The second kappa shape index (κ2) is 4.40. The number of ether oxygens (including phenoxy) is 1. The number of alkyl halides is 1. The van der Waals surface area contributed by atoms with Gasteiger partial charge in [-0.15, -0.1) is 0 Å². The van der Waals surface area contributed by atoms with Crippen LogP contribution >= 0.6 is 0 Å². The van der Waals surface area contributed by atoms with Crippen molar-refractivity contribution in [3.63, 3.8) is 0 Å². The topological polar surface area (TPSA) is 22.1 Å². The molecule has 0 saturated heterocycles. The van der Waals surface area contributed by atoms with Crippen LogP contribution in [0, 0.1) is 6.92 Å². The Hall–Kier alpha value is -1.12. The standard InChI is InChI=1S/C11H16FNO/c1-7(2)11-8(3)5-10(14-4)13-9(11)6-12/h5,7H,6H2,1-4H3. The third kappa shape index (κ3) is 2.03. The highest BCUT2D eigenvalue weighted by molar-refractivity contribution is 5.36. The summed E-state index contributed by atoms with van der Waals surface area (Å²) in [5, 5.41) is 0. The minimum absolute atomic E-state index is 0.291. The Kier molecular flexibility index (Phi) is 3.44. The van der Waals surface area contributed by atoms with Crippen LogP contribution in [-0.4, -0.2) is 12.1 Å². The van der Waals surface area contributed by atoms with Crippen molar-refractivity contribution in [1.82, 2.24) is 4.98 Å². The summed E-state index contributed by atoms with van der Waals surface area (Å²) >= 11 is 0. The Morgan fingerprint density at radius 3 is 2.57 bits per heavy atom. The lowest BCUT2D eigenvalue weighted by Gasteiger charge is -2.14. The fraction of sp³-hybridized carbons (Fsp3) is 0.545. The predicted molar refractivity (Wildman–Crippen MR) is 54.4 cm³/mol. The molecule has 3 heteroatoms. The molecule has 0 radical (unpaired) electrons. The average molecular weight is 197 g/mol. The first-order valence-electron chi connectivity index (χ1n) is 4.70. The number of aryl methyl sites for hydroxylation is 1. The van der Waals surface area contributed by atoms with Gasteiger partial charge in [0.15, 0.2) is 0 Å². The van der Waals surface area contributed by atoms with Gasteiger partial charge in [-0.05, 0) is 24.0 Å². The quantitative estimate of drug-likeness (QED) is 0.743. The molecule has 0 aliphatic carbocycles. The predicted octanol–water partition coefficient (Wildman–Crippen LogP) is 2.99. The van der Waals surface area contributed by atoms with Gasteiger partial charge < -0.3 is 4.74 Å². The van der Waals surface area contributed by atoms with Gasteiger partial charge in [-0.3, -0.25) is 0 Å². The first-order valence-corrected chi connectivity index (χ1v) is 4.70. The van der Waals surface area contributed by atoms with Crippen molar-refractivity contribution in [2.75, 3.05) is 7.11 Å². The van der Waals surface area contributed by atoms with Gasteiger partial charge in [-0.1, -0.05) is 13.8 Å². The summed E-state index contributed by atoms with van der Waals surface area (Å²) in [6.07, 6.45) is 0. The van der Waals surface area contributed by atoms with Crippen molar-refractivity contribution in [1.29, 1.82) is 0 Å². The Balaban J connectivity index is 3.27. The van der Waals surface area contributed by atoms with Crippen LogP contribution in [-0.2, 0) is 6.67 Å². The van der Waals surface area contributed by atoms with Crippen molar-refractivity contribution in [3.8, 4) is 5.88 Å². The van der Waals surface area contributed by atoms with Gasteiger partial charge in [0.05, 0.1) is 12.8 Å². The van der Waals surface area contributed by atoms with Crippen molar-refractivity contribution in [2.24, 2.45) is 0 Å². The third-order valence-corrected chi connectivity index (χ3v) is 2.23. The second-order valence-electron chi connectivity index (χ2n) is 3.63. The fourth-order valence-corrected chi connectivity index (χ4v) is 1.71. The van der Waals surface area contributed by atoms with Crippen LogP contribution in [0.25, 0.3) is 0 Å². The van der Waals surface area contributed by atoms with Gasteiger partial charge in [0, 0.05) is 6.07 Å². The monoisotopic (exact) mass is 197 g/mol. The van der Waals surface area contributed by atoms with E-state index in [9.17, 15) is 4.39 Å². The molecule has 0 saturated carbocycles. The number of rotatable bonds is 3. The minimum Gasteiger partial charge on any atom is -0.481 e. The highest BCUT2D eigenvalue weighted by Crippen LogP contribution is 2.25. The lowest BCUT2D eigenvalue weighted by atomic mass is 9.97. The Morgan fingerprint density at radius 2 is 2.14 bits per heavy atom. The second-order valence-corrected chi connectivity index (χ2v) is 3.63. The molecule has 0 aliphatic rings. The number of hydrogen-bond acceptors (Lipinski definition) is 2. The fourth-order valence-electron chi connectivity index (χ4n) is 1.71. The van der Waals surface area contributed by atoms with Crippen molar-refractivity contribution in [3.05, 3.63) is 22.9 Å². The number of hydrogen-bond donors (Lipinski definition) is 0. The van der Waals surface area contributed by atoms with Crippen molar-refractivity contribution in [2.45, 2.75) is 33.4 Å². The average Bonchev–Trinajstić information content (AvgIpc) is 2.15. The van der Waals surface area contributed by atoms with E-state index in [-0.39, 0.29) is 0 Å². The molecule has 14 heavy (non-hydrogen) atoms. The maximum absolute atomic E-state index is 12.7. The molecule has 0 unspecified atom stereocenters. The lowest BCUT2D eigenvalue weighted by molar-refractivity contribution is 0.388. The zero-order valence-electron chi connectivity index (χ0n) is 9.10. The summed E-state index contributed by atoms with van der Waals surface area (Å²) in [6, 6.07) is 1.84. The largest absolute Gasteiger partial charge is 0.481 e. The molecule has 0 spiro atoms. The molecule has 1 heterocycles. The van der Waals surface area contributed by atoms with Crippen LogP contribution < -0.4 is 4.74 Å². The van der Waals surface area contributed by atoms with Crippen LogP contribution in [0.3, 0.4) is 0 Å². The van der Waals surface area contributed by atoms with Crippen LogP contribution in [0.4, 0.5) is 4.39 Å². The molecular formula is C11H16FNO. The summed E-state index contributed by atoms with van der Waals surface area (Å²) in [6.45, 7) is 5.50. The summed E-state index contributed by atoms with van der Waals surface area (Å²) < 4.78 is 17.7. The highest BCUT2D eigenvalue weighted by Gasteiger charge is 2.13. The molecule has 0 aromatic carbocycles. The SMILES string of the molecule is COc1cc(C)c(C(C)C)c(CF)n1. The van der Waals surface area contributed by atoms with E-state index in [1.807, 2.05) is 26.8 Å². The van der Waals surface area contributed by atoms with Crippen LogP contribution in [0.1, 0.15) is 36.6 Å². The molecule has 78 valence electrons. The molecule has 0 amide bonds. The molecule has 0 N–H and O–H groups in total. The van der Waals surface area contributed by atoms with E-state index < -0.39 is 6.67 Å². The van der Waals surface area contributed by atoms with E-state index in [1.54, 1.807) is 7.11 Å². The van der Waals surface area contributed by atoms with E-state index in [0.29, 0.717) is 17.5 Å². The van der Waals surface area contributed by atoms with Crippen LogP contribution in [0.15, 0.2) is 6.07 Å². The van der Waals surface area contributed by atoms with Gasteiger partial charge in [-0.2, -0.15) is 0 Å². The maximum Gasteiger partial charge on any atom is 0.213 e. The normalized spacial score (nSPS) is 10.7. The van der Waals surface area contributed by atoms with E-state index >= 15 is 0 Å². The van der Waals surface area contributed by atoms with E-state index in [1.165, 1.54) is 0 Å². The van der Waals surface area contributed by atoms with Gasteiger partial charge in [-0.25, -0.2) is 9.37 Å². The molecule has 0 bridgehead atoms. The molecule has 0 fully saturated rings. The Morgan fingerprint density at radius 1 is 1.50 bits per heavy atom. The summed E-state index contributed by atoms with van der Waals surface area (Å²) in [5.74, 6) is 0.777. The zero-order chi connectivity index (χ0) is 10.7. The number of halogens is 1. The molecule has 0 aliphatic heterocycles. The maximum atomic E-state index is 12.7. The lowest BCUT2D eigenvalue weighted by Crippen LogP contribution is -2.03. The van der Waals surface area contributed by atoms with Gasteiger partial charge in [0.25, 0.3) is 0 Å². The number of methoxy groups -OCH3 is 1. The van der Waals surface area contributed by atoms with Crippen LogP contribution in [0.5, 0.6) is 5.88 Å². The third-order valence-electron chi connectivity index (χ3n) is 2.23. The van der Waals surface area contributed by atoms with Gasteiger partial charge in [0.1, 0.15) is 6.67 Å². The van der Waals surface area contributed by atoms with Gasteiger partial charge >= 0.3 is 0 Å². The first-order chi connectivity index (χ1) is 6.60. The number of pyridine rings is 1. The molecule has 1 aromatic rings. The van der Waals surface area contributed by atoms with E-state index in [0.717, 1.165) is 11.1 Å². The summed E-state index contributed by atoms with van der Waals surface area (Å²) in [4.78, 5) is 4.09. The summed E-state index contributed by atoms with van der Waals surface area (Å²) in [7, 11) is 1.54. The molecule has 2 nitrogen and oxygen atoms in total. The Labute approximate surface area is 84.1 Å². The van der Waals surface area contributed by atoms with Crippen LogP contribution in [0.2, 0.25) is 0 Å². The van der Waals surface area contributed by atoms with Crippen molar-refractivity contribution < 1.29 is 9.13 Å². The molecule has 1 aromatic heterocycles. The summed E-state index contributed by atoms with van der Waals surface area (Å²) in [5.41, 5.74) is 2.53. The number of aromatic nitrogens is 1. The number of nitrogens with zero attached hydrogens (tertiary/aromatic N) is 1. The molecular weight excluding hydrogens is 181 g/mol. The molecule has 1 rings (SSSR count). The van der Waals surface area contributed by atoms with E-state index in [2.05, 4.69) is 4.98 Å². The highest BCUT2D eigenvalue weighted by atomic mass is 19.1.